The summed E-state index contributed by atoms with van der Waals surface area (Å²) in [5.74, 6) is -0.202. The number of nitrogens with one attached hydrogen (secondary N) is 2. The summed E-state index contributed by atoms with van der Waals surface area (Å²) < 4.78 is 14.2. The lowest BCUT2D eigenvalue weighted by molar-refractivity contribution is -0.116. The van der Waals surface area contributed by atoms with Gasteiger partial charge in [-0.3, -0.25) is 4.79 Å². The molecule has 114 valence electrons. The Bertz CT molecular complexity index is 568. The Hall–Kier alpha value is -1.58. The number of fused-ring (bicyclic) bond motifs is 1. The van der Waals surface area contributed by atoms with Crippen LogP contribution in [-0.4, -0.2) is 11.9 Å². The number of halogens is 1. The molecule has 0 aromatic heterocycles. The van der Waals surface area contributed by atoms with Crippen molar-refractivity contribution in [3.63, 3.8) is 0 Å². The predicted molar refractivity (Wildman–Crippen MR) is 83.0 cm³/mol. The maximum atomic E-state index is 14.2. The van der Waals surface area contributed by atoms with Gasteiger partial charge in [0.25, 0.3) is 0 Å². The standard InChI is InChI=1S/C17H23FN2O/c1-17(2)7-3-4-12(10-17)19-15-9-14-11(8-13(15)18)5-6-16(21)20-14/h8-9,12,19H,3-7,10H2,1-2H3,(H,20,21). The lowest BCUT2D eigenvalue weighted by Crippen LogP contribution is -2.32. The molecule has 0 bridgehead atoms. The van der Waals surface area contributed by atoms with E-state index in [2.05, 4.69) is 24.5 Å². The normalized spacial score (nSPS) is 24.1. The highest BCUT2D eigenvalue weighted by atomic mass is 19.1. The summed E-state index contributed by atoms with van der Waals surface area (Å²) in [7, 11) is 0. The second-order valence-electron chi connectivity index (χ2n) is 7.14. The lowest BCUT2D eigenvalue weighted by Gasteiger charge is -2.36. The molecule has 1 aliphatic heterocycles. The van der Waals surface area contributed by atoms with Crippen LogP contribution in [-0.2, 0) is 11.2 Å². The van der Waals surface area contributed by atoms with Gasteiger partial charge in [0.15, 0.2) is 0 Å². The van der Waals surface area contributed by atoms with Crippen LogP contribution in [0.1, 0.15) is 51.5 Å². The first-order chi connectivity index (χ1) is 9.93. The van der Waals surface area contributed by atoms with Crippen LogP contribution in [0.4, 0.5) is 15.8 Å². The fraction of sp³-hybridized carbons (Fsp3) is 0.588. The maximum Gasteiger partial charge on any atom is 0.224 e. The summed E-state index contributed by atoms with van der Waals surface area (Å²) in [6, 6.07) is 3.62. The number of anilines is 2. The number of hydrogen-bond donors (Lipinski definition) is 2. The minimum absolute atomic E-state index is 0.0128. The molecule has 1 fully saturated rings. The number of amides is 1. The molecule has 1 aromatic rings. The van der Waals surface area contributed by atoms with Gasteiger partial charge in [0.1, 0.15) is 5.82 Å². The Balaban J connectivity index is 1.79. The van der Waals surface area contributed by atoms with Crippen molar-refractivity contribution < 1.29 is 9.18 Å². The first-order valence-corrected chi connectivity index (χ1v) is 7.82. The van der Waals surface area contributed by atoms with E-state index in [-0.39, 0.29) is 11.7 Å². The fourth-order valence-electron chi connectivity index (χ4n) is 3.55. The first-order valence-electron chi connectivity index (χ1n) is 7.82. The van der Waals surface area contributed by atoms with E-state index in [0.29, 0.717) is 30.0 Å². The molecule has 1 saturated carbocycles. The smallest absolute Gasteiger partial charge is 0.224 e. The van der Waals surface area contributed by atoms with Crippen molar-refractivity contribution in [2.75, 3.05) is 10.6 Å². The van der Waals surface area contributed by atoms with Crippen molar-refractivity contribution in [3.05, 3.63) is 23.5 Å². The highest BCUT2D eigenvalue weighted by molar-refractivity contribution is 5.94. The zero-order chi connectivity index (χ0) is 15.0. The van der Waals surface area contributed by atoms with Gasteiger partial charge in [0, 0.05) is 18.2 Å². The molecule has 1 unspecified atom stereocenters. The number of hydrogen-bond acceptors (Lipinski definition) is 2. The third-order valence-electron chi connectivity index (χ3n) is 4.65. The molecule has 1 aliphatic carbocycles. The van der Waals surface area contributed by atoms with Crippen LogP contribution < -0.4 is 10.6 Å². The second kappa shape index (κ2) is 5.32. The molecule has 0 spiro atoms. The van der Waals surface area contributed by atoms with Crippen LogP contribution in [0.2, 0.25) is 0 Å². The fourth-order valence-corrected chi connectivity index (χ4v) is 3.55. The average Bonchev–Trinajstić information content (AvgIpc) is 2.39. The molecule has 1 atom stereocenters. The van der Waals surface area contributed by atoms with E-state index in [4.69, 9.17) is 0 Å². The van der Waals surface area contributed by atoms with Crippen molar-refractivity contribution in [2.45, 2.75) is 58.4 Å². The SMILES string of the molecule is CC1(C)CCCC(Nc2cc3c(cc2F)CCC(=O)N3)C1. The summed E-state index contributed by atoms with van der Waals surface area (Å²) in [5, 5.41) is 6.18. The van der Waals surface area contributed by atoms with Crippen LogP contribution >= 0.6 is 0 Å². The van der Waals surface area contributed by atoms with Crippen molar-refractivity contribution in [1.29, 1.82) is 0 Å². The van der Waals surface area contributed by atoms with Gasteiger partial charge >= 0.3 is 0 Å². The van der Waals surface area contributed by atoms with Gasteiger partial charge in [-0.25, -0.2) is 4.39 Å². The predicted octanol–water partition coefficient (Wildman–Crippen LogP) is 4.09. The highest BCUT2D eigenvalue weighted by Crippen LogP contribution is 2.37. The largest absolute Gasteiger partial charge is 0.380 e. The molecular weight excluding hydrogens is 267 g/mol. The van der Waals surface area contributed by atoms with Gasteiger partial charge in [0.05, 0.1) is 5.69 Å². The molecule has 1 aromatic carbocycles. The van der Waals surface area contributed by atoms with E-state index in [1.165, 1.54) is 12.8 Å². The third kappa shape index (κ3) is 3.20. The quantitative estimate of drug-likeness (QED) is 0.861. The molecular formula is C17H23FN2O. The minimum Gasteiger partial charge on any atom is -0.380 e. The number of carbonyl (C=O) groups is 1. The molecule has 4 heteroatoms. The van der Waals surface area contributed by atoms with Gasteiger partial charge in [-0.2, -0.15) is 0 Å². The van der Waals surface area contributed by atoms with Gasteiger partial charge in [-0.15, -0.1) is 0 Å². The van der Waals surface area contributed by atoms with Crippen LogP contribution in [0.15, 0.2) is 12.1 Å². The maximum absolute atomic E-state index is 14.2. The Labute approximate surface area is 125 Å². The zero-order valence-corrected chi connectivity index (χ0v) is 12.8. The van der Waals surface area contributed by atoms with E-state index in [9.17, 15) is 9.18 Å². The van der Waals surface area contributed by atoms with E-state index in [1.54, 1.807) is 12.1 Å². The molecule has 3 rings (SSSR count). The van der Waals surface area contributed by atoms with Gasteiger partial charge < -0.3 is 10.6 Å². The van der Waals surface area contributed by atoms with E-state index in [0.717, 1.165) is 24.1 Å². The summed E-state index contributed by atoms with van der Waals surface area (Å²) in [4.78, 5) is 11.5. The Morgan fingerprint density at radius 3 is 2.90 bits per heavy atom. The van der Waals surface area contributed by atoms with Crippen LogP contribution in [0, 0.1) is 11.2 Å². The number of aryl methyl sites for hydroxylation is 1. The molecule has 1 heterocycles. The number of carbonyl (C=O) groups excluding carboxylic acids is 1. The summed E-state index contributed by atoms with van der Waals surface area (Å²) in [6.45, 7) is 4.54. The first kappa shape index (κ1) is 14.4. The Kier molecular flexibility index (Phi) is 3.64. The van der Waals surface area contributed by atoms with Crippen LogP contribution in [0.3, 0.4) is 0 Å². The topological polar surface area (TPSA) is 41.1 Å². The molecule has 3 nitrogen and oxygen atoms in total. The second-order valence-corrected chi connectivity index (χ2v) is 7.14. The van der Waals surface area contributed by atoms with Crippen molar-refractivity contribution in [3.8, 4) is 0 Å². The van der Waals surface area contributed by atoms with Gasteiger partial charge in [-0.05, 0) is 48.8 Å². The van der Waals surface area contributed by atoms with Gasteiger partial charge in [-0.1, -0.05) is 20.3 Å². The number of benzene rings is 1. The monoisotopic (exact) mass is 290 g/mol. The summed E-state index contributed by atoms with van der Waals surface area (Å²) in [5.41, 5.74) is 2.47. The van der Waals surface area contributed by atoms with Crippen LogP contribution in [0.5, 0.6) is 0 Å². The highest BCUT2D eigenvalue weighted by Gasteiger charge is 2.28. The summed E-state index contributed by atoms with van der Waals surface area (Å²) >= 11 is 0. The van der Waals surface area contributed by atoms with Gasteiger partial charge in [0.2, 0.25) is 5.91 Å². The van der Waals surface area contributed by atoms with E-state index < -0.39 is 0 Å². The minimum atomic E-state index is -0.215. The molecule has 21 heavy (non-hydrogen) atoms. The zero-order valence-electron chi connectivity index (χ0n) is 12.8. The third-order valence-corrected chi connectivity index (χ3v) is 4.65. The average molecular weight is 290 g/mol. The van der Waals surface area contributed by atoms with Crippen molar-refractivity contribution in [1.82, 2.24) is 0 Å². The molecule has 2 N–H and O–H groups in total. The Morgan fingerprint density at radius 2 is 2.14 bits per heavy atom. The van der Waals surface area contributed by atoms with Crippen molar-refractivity contribution >= 4 is 17.3 Å². The van der Waals surface area contributed by atoms with Crippen molar-refractivity contribution in [2.24, 2.45) is 5.41 Å². The van der Waals surface area contributed by atoms with E-state index in [1.807, 2.05) is 0 Å². The Morgan fingerprint density at radius 1 is 1.33 bits per heavy atom. The van der Waals surface area contributed by atoms with Crippen LogP contribution in [0.25, 0.3) is 0 Å². The molecule has 1 amide bonds. The molecule has 0 radical (unpaired) electrons. The van der Waals surface area contributed by atoms with E-state index >= 15 is 0 Å². The lowest BCUT2D eigenvalue weighted by atomic mass is 9.75. The molecule has 2 aliphatic rings. The number of rotatable bonds is 2. The molecule has 0 saturated heterocycles. The summed E-state index contributed by atoms with van der Waals surface area (Å²) in [6.07, 6.45) is 5.59.